The van der Waals surface area contributed by atoms with Gasteiger partial charge in [-0.05, 0) is 48.4 Å². The Kier molecular flexibility index (Phi) is 3.96. The van der Waals surface area contributed by atoms with Crippen LogP contribution in [0.2, 0.25) is 0 Å². The number of nitrogens with zero attached hydrogens (tertiary/aromatic N) is 3. The number of aromatic nitrogens is 3. The van der Waals surface area contributed by atoms with Crippen LogP contribution in [0.4, 0.5) is 5.69 Å². The summed E-state index contributed by atoms with van der Waals surface area (Å²) < 4.78 is 3.14. The molecule has 0 saturated carbocycles. The Balaban J connectivity index is 1.42. The van der Waals surface area contributed by atoms with Gasteiger partial charge in [0.1, 0.15) is 5.82 Å². The number of nitrogens with one attached hydrogen (secondary N) is 2. The largest absolute Gasteiger partial charge is 0.338 e. The summed E-state index contributed by atoms with van der Waals surface area (Å²) in [4.78, 5) is 24.4. The van der Waals surface area contributed by atoms with Gasteiger partial charge in [-0.25, -0.2) is 0 Å². The van der Waals surface area contributed by atoms with Crippen LogP contribution in [0.25, 0.3) is 10.1 Å². The van der Waals surface area contributed by atoms with Crippen molar-refractivity contribution in [2.45, 2.75) is 32.4 Å². The van der Waals surface area contributed by atoms with Crippen molar-refractivity contribution in [3.8, 4) is 0 Å². The molecule has 1 atom stereocenters. The minimum Gasteiger partial charge on any atom is -0.338 e. The van der Waals surface area contributed by atoms with E-state index in [4.69, 9.17) is 0 Å². The van der Waals surface area contributed by atoms with Crippen molar-refractivity contribution in [2.24, 2.45) is 0 Å². The predicted octanol–water partition coefficient (Wildman–Crippen LogP) is 2.25. The summed E-state index contributed by atoms with van der Waals surface area (Å²) in [5.74, 6) is 0.244. The van der Waals surface area contributed by atoms with Crippen LogP contribution in [0, 0.1) is 0 Å². The SMILES string of the molecule is C[C@@H](NC(=O)C(=O)Nc1ccc2sccc2c1)c1nnc2n1CCC2. The molecule has 3 heterocycles. The molecule has 0 saturated heterocycles. The molecular weight excluding hydrogens is 338 g/mol. The summed E-state index contributed by atoms with van der Waals surface area (Å²) >= 11 is 1.63. The third-order valence-electron chi connectivity index (χ3n) is 4.29. The van der Waals surface area contributed by atoms with Crippen LogP contribution in [0.5, 0.6) is 0 Å². The first-order valence-electron chi connectivity index (χ1n) is 8.13. The third-order valence-corrected chi connectivity index (χ3v) is 5.19. The smallest absolute Gasteiger partial charge is 0.313 e. The van der Waals surface area contributed by atoms with Gasteiger partial charge in [0.2, 0.25) is 0 Å². The number of carbonyl (C=O) groups is 2. The van der Waals surface area contributed by atoms with Gasteiger partial charge in [0.05, 0.1) is 6.04 Å². The van der Waals surface area contributed by atoms with Crippen LogP contribution >= 0.6 is 11.3 Å². The van der Waals surface area contributed by atoms with Gasteiger partial charge in [-0.3, -0.25) is 9.59 Å². The molecule has 0 bridgehead atoms. The van der Waals surface area contributed by atoms with Crippen molar-refractivity contribution in [2.75, 3.05) is 5.32 Å². The number of benzene rings is 1. The Morgan fingerprint density at radius 1 is 1.24 bits per heavy atom. The van der Waals surface area contributed by atoms with Crippen LogP contribution < -0.4 is 10.6 Å². The highest BCUT2D eigenvalue weighted by molar-refractivity contribution is 7.17. The van der Waals surface area contributed by atoms with Crippen LogP contribution in [0.15, 0.2) is 29.6 Å². The molecule has 2 amide bonds. The number of amides is 2. The number of fused-ring (bicyclic) bond motifs is 2. The molecule has 128 valence electrons. The van der Waals surface area contributed by atoms with Crippen molar-refractivity contribution in [1.29, 1.82) is 0 Å². The minimum absolute atomic E-state index is 0.378. The lowest BCUT2D eigenvalue weighted by molar-refractivity contribution is -0.136. The number of hydrogen-bond acceptors (Lipinski definition) is 5. The van der Waals surface area contributed by atoms with E-state index in [2.05, 4.69) is 20.8 Å². The maximum Gasteiger partial charge on any atom is 0.313 e. The molecule has 8 heteroatoms. The monoisotopic (exact) mass is 355 g/mol. The highest BCUT2D eigenvalue weighted by atomic mass is 32.1. The van der Waals surface area contributed by atoms with Gasteiger partial charge in [-0.1, -0.05) is 0 Å². The molecule has 0 unspecified atom stereocenters. The number of aryl methyl sites for hydroxylation is 1. The second-order valence-corrected chi connectivity index (χ2v) is 7.00. The van der Waals surface area contributed by atoms with E-state index in [0.717, 1.165) is 35.3 Å². The fourth-order valence-electron chi connectivity index (χ4n) is 3.05. The zero-order valence-electron chi connectivity index (χ0n) is 13.7. The maximum atomic E-state index is 12.2. The Morgan fingerprint density at radius 3 is 3.00 bits per heavy atom. The summed E-state index contributed by atoms with van der Waals surface area (Å²) in [6, 6.07) is 7.17. The first-order valence-corrected chi connectivity index (χ1v) is 9.01. The molecule has 25 heavy (non-hydrogen) atoms. The van der Waals surface area contributed by atoms with Gasteiger partial charge in [-0.15, -0.1) is 21.5 Å². The lowest BCUT2D eigenvalue weighted by Crippen LogP contribution is -2.37. The second kappa shape index (κ2) is 6.29. The van der Waals surface area contributed by atoms with Crippen molar-refractivity contribution < 1.29 is 9.59 Å². The molecule has 2 N–H and O–H groups in total. The van der Waals surface area contributed by atoms with E-state index in [1.807, 2.05) is 28.1 Å². The molecule has 7 nitrogen and oxygen atoms in total. The molecule has 0 fully saturated rings. The molecule has 1 aliphatic rings. The second-order valence-electron chi connectivity index (χ2n) is 6.05. The third kappa shape index (κ3) is 3.00. The van der Waals surface area contributed by atoms with Gasteiger partial charge >= 0.3 is 11.8 Å². The van der Waals surface area contributed by atoms with Crippen LogP contribution in [-0.4, -0.2) is 26.6 Å². The van der Waals surface area contributed by atoms with E-state index in [1.165, 1.54) is 0 Å². The molecule has 0 radical (unpaired) electrons. The molecule has 3 aromatic rings. The van der Waals surface area contributed by atoms with Crippen molar-refractivity contribution in [3.05, 3.63) is 41.3 Å². The van der Waals surface area contributed by atoms with Gasteiger partial charge in [0, 0.05) is 23.4 Å². The Hall–Kier alpha value is -2.74. The summed E-state index contributed by atoms with van der Waals surface area (Å²) in [5, 5.41) is 16.6. The van der Waals surface area contributed by atoms with Crippen molar-refractivity contribution in [3.63, 3.8) is 0 Å². The summed E-state index contributed by atoms with van der Waals surface area (Å²) in [7, 11) is 0. The fourth-order valence-corrected chi connectivity index (χ4v) is 3.82. The van der Waals surface area contributed by atoms with Crippen molar-refractivity contribution >= 4 is 38.9 Å². The van der Waals surface area contributed by atoms with Gasteiger partial charge in [0.25, 0.3) is 0 Å². The van der Waals surface area contributed by atoms with E-state index in [-0.39, 0.29) is 6.04 Å². The number of thiophene rings is 1. The lowest BCUT2D eigenvalue weighted by Gasteiger charge is -2.13. The molecule has 2 aromatic heterocycles. The molecule has 0 spiro atoms. The lowest BCUT2D eigenvalue weighted by atomic mass is 10.2. The number of hydrogen-bond donors (Lipinski definition) is 2. The fraction of sp³-hybridized carbons (Fsp3) is 0.294. The van der Waals surface area contributed by atoms with Crippen LogP contribution in [0.3, 0.4) is 0 Å². The summed E-state index contributed by atoms with van der Waals surface area (Å²) in [6.45, 7) is 2.66. The van der Waals surface area contributed by atoms with E-state index in [9.17, 15) is 9.59 Å². The molecule has 4 rings (SSSR count). The summed E-state index contributed by atoms with van der Waals surface area (Å²) in [5.41, 5.74) is 0.599. The number of rotatable bonds is 3. The first-order chi connectivity index (χ1) is 12.1. The Labute approximate surface area is 148 Å². The normalized spacial score (nSPS) is 14.3. The molecule has 1 aromatic carbocycles. The first kappa shape index (κ1) is 15.8. The van der Waals surface area contributed by atoms with Crippen molar-refractivity contribution in [1.82, 2.24) is 20.1 Å². The average Bonchev–Trinajstić information content (AvgIpc) is 3.30. The predicted molar refractivity (Wildman–Crippen MR) is 95.4 cm³/mol. The number of carbonyl (C=O) groups excluding carboxylic acids is 2. The Morgan fingerprint density at radius 2 is 2.12 bits per heavy atom. The highest BCUT2D eigenvalue weighted by Gasteiger charge is 2.24. The van der Waals surface area contributed by atoms with E-state index < -0.39 is 11.8 Å². The van der Waals surface area contributed by atoms with Crippen LogP contribution in [0.1, 0.15) is 31.0 Å². The Bertz CT molecular complexity index is 961. The van der Waals surface area contributed by atoms with Gasteiger partial charge in [0.15, 0.2) is 5.82 Å². The summed E-state index contributed by atoms with van der Waals surface area (Å²) in [6.07, 6.45) is 1.93. The standard InChI is InChI=1S/C17H17N5O2S/c1-10(15-21-20-14-3-2-7-22(14)15)18-16(23)17(24)19-12-4-5-13-11(9-12)6-8-25-13/h4-6,8-10H,2-3,7H2,1H3,(H,18,23)(H,19,24)/t10-/m1/s1. The van der Waals surface area contributed by atoms with Gasteiger partial charge < -0.3 is 15.2 Å². The zero-order valence-corrected chi connectivity index (χ0v) is 14.5. The van der Waals surface area contributed by atoms with Crippen LogP contribution in [-0.2, 0) is 22.6 Å². The highest BCUT2D eigenvalue weighted by Crippen LogP contribution is 2.24. The molecular formula is C17H17N5O2S. The van der Waals surface area contributed by atoms with E-state index in [0.29, 0.717) is 11.5 Å². The topological polar surface area (TPSA) is 88.9 Å². The minimum atomic E-state index is -0.692. The van der Waals surface area contributed by atoms with E-state index >= 15 is 0 Å². The molecule has 0 aliphatic carbocycles. The zero-order chi connectivity index (χ0) is 17.4. The number of anilines is 1. The van der Waals surface area contributed by atoms with Gasteiger partial charge in [-0.2, -0.15) is 0 Å². The molecule has 1 aliphatic heterocycles. The maximum absolute atomic E-state index is 12.2. The van der Waals surface area contributed by atoms with E-state index in [1.54, 1.807) is 24.3 Å². The quantitative estimate of drug-likeness (QED) is 0.705. The average molecular weight is 355 g/mol.